The molecule has 31 heavy (non-hydrogen) atoms. The highest BCUT2D eigenvalue weighted by Gasteiger charge is 2.17. The normalized spacial score (nSPS) is 11.2. The Labute approximate surface area is 183 Å². The molecule has 3 aromatic heterocycles. The van der Waals surface area contributed by atoms with Gasteiger partial charge in [-0.15, -0.1) is 11.3 Å². The second-order valence-corrected chi connectivity index (χ2v) is 8.41. The van der Waals surface area contributed by atoms with E-state index in [4.69, 9.17) is 9.40 Å². The Morgan fingerprint density at radius 2 is 1.81 bits per heavy atom. The topological polar surface area (TPSA) is 73.0 Å². The van der Waals surface area contributed by atoms with E-state index < -0.39 is 0 Å². The molecule has 5 rings (SSSR count). The molecule has 7 heteroatoms. The first kappa shape index (κ1) is 19.3. The van der Waals surface area contributed by atoms with Crippen LogP contribution in [0.15, 0.2) is 64.4 Å². The number of rotatable bonds is 4. The number of nitrogens with one attached hydrogen (secondary N) is 1. The number of carbonyl (C=O) groups is 1. The van der Waals surface area contributed by atoms with E-state index in [-0.39, 0.29) is 5.91 Å². The molecule has 0 radical (unpaired) electrons. The van der Waals surface area contributed by atoms with Gasteiger partial charge in [-0.1, -0.05) is 35.4 Å². The Morgan fingerprint density at radius 3 is 2.58 bits per heavy atom. The minimum Gasteiger partial charge on any atom is -0.454 e. The molecule has 0 spiro atoms. The quantitative estimate of drug-likeness (QED) is 0.386. The predicted molar refractivity (Wildman–Crippen MR) is 123 cm³/mol. The average molecular weight is 429 g/mol. The average Bonchev–Trinajstić information content (AvgIpc) is 3.44. The number of furan rings is 1. The van der Waals surface area contributed by atoms with Crippen LogP contribution in [0.4, 0.5) is 5.82 Å². The summed E-state index contributed by atoms with van der Waals surface area (Å²) in [6.45, 7) is 5.84. The first-order chi connectivity index (χ1) is 15.0. The summed E-state index contributed by atoms with van der Waals surface area (Å²) in [5, 5.41) is 11.1. The van der Waals surface area contributed by atoms with Crippen LogP contribution < -0.4 is 5.32 Å². The summed E-state index contributed by atoms with van der Waals surface area (Å²) in [5.41, 5.74) is 5.05. The molecule has 0 aliphatic rings. The number of benzene rings is 2. The lowest BCUT2D eigenvalue weighted by atomic mass is 10.1. The highest BCUT2D eigenvalue weighted by Crippen LogP contribution is 2.30. The third-order valence-corrected chi connectivity index (χ3v) is 5.72. The molecule has 3 heterocycles. The zero-order valence-electron chi connectivity index (χ0n) is 17.3. The molecule has 0 fully saturated rings. The molecule has 154 valence electrons. The van der Waals surface area contributed by atoms with Gasteiger partial charge < -0.3 is 9.73 Å². The molecule has 6 nitrogen and oxygen atoms in total. The predicted octanol–water partition coefficient (Wildman–Crippen LogP) is 5.92. The van der Waals surface area contributed by atoms with Gasteiger partial charge in [0.05, 0.1) is 5.69 Å². The van der Waals surface area contributed by atoms with Crippen molar-refractivity contribution in [3.8, 4) is 16.6 Å². The number of nitrogens with zero attached hydrogens (tertiary/aromatic N) is 3. The van der Waals surface area contributed by atoms with Crippen LogP contribution >= 0.6 is 11.3 Å². The smallest absolute Gasteiger partial charge is 0.256 e. The maximum Gasteiger partial charge on any atom is 0.256 e. The van der Waals surface area contributed by atoms with Gasteiger partial charge in [-0.05, 0) is 45.0 Å². The van der Waals surface area contributed by atoms with Crippen LogP contribution in [0.2, 0.25) is 0 Å². The van der Waals surface area contributed by atoms with Crippen LogP contribution in [0, 0.1) is 20.8 Å². The third kappa shape index (κ3) is 3.75. The fourth-order valence-corrected chi connectivity index (χ4v) is 4.39. The van der Waals surface area contributed by atoms with E-state index in [2.05, 4.69) is 10.4 Å². The van der Waals surface area contributed by atoms with Crippen molar-refractivity contribution in [3.63, 3.8) is 0 Å². The van der Waals surface area contributed by atoms with E-state index in [1.807, 2.05) is 80.7 Å². The highest BCUT2D eigenvalue weighted by atomic mass is 32.1. The van der Waals surface area contributed by atoms with Crippen molar-refractivity contribution in [2.45, 2.75) is 20.8 Å². The second-order valence-electron chi connectivity index (χ2n) is 7.58. The summed E-state index contributed by atoms with van der Waals surface area (Å²) in [6.07, 6.45) is 0. The Kier molecular flexibility index (Phi) is 4.67. The zero-order valence-corrected chi connectivity index (χ0v) is 18.2. The maximum absolute atomic E-state index is 12.9. The Bertz CT molecular complexity index is 1370. The summed E-state index contributed by atoms with van der Waals surface area (Å²) in [7, 11) is 0. The van der Waals surface area contributed by atoms with Gasteiger partial charge in [0, 0.05) is 22.4 Å². The van der Waals surface area contributed by atoms with Crippen molar-refractivity contribution in [3.05, 3.63) is 82.4 Å². The van der Waals surface area contributed by atoms with E-state index in [9.17, 15) is 4.79 Å². The molecule has 0 bridgehead atoms. The molecular weight excluding hydrogens is 408 g/mol. The van der Waals surface area contributed by atoms with E-state index in [1.54, 1.807) is 4.68 Å². The van der Waals surface area contributed by atoms with E-state index in [0.29, 0.717) is 22.3 Å². The summed E-state index contributed by atoms with van der Waals surface area (Å²) < 4.78 is 7.59. The minimum absolute atomic E-state index is 0.179. The number of anilines is 1. The number of fused-ring (bicyclic) bond motifs is 1. The van der Waals surface area contributed by atoms with Gasteiger partial charge in [-0.25, -0.2) is 4.98 Å². The van der Waals surface area contributed by atoms with Crippen LogP contribution in [-0.4, -0.2) is 20.7 Å². The van der Waals surface area contributed by atoms with E-state index >= 15 is 0 Å². The lowest BCUT2D eigenvalue weighted by molar-refractivity contribution is 0.102. The molecule has 2 aromatic carbocycles. The lowest BCUT2D eigenvalue weighted by Crippen LogP contribution is -2.15. The molecule has 0 unspecified atom stereocenters. The Balaban J connectivity index is 1.46. The summed E-state index contributed by atoms with van der Waals surface area (Å²) in [4.78, 5) is 17.6. The molecule has 0 atom stereocenters. The van der Waals surface area contributed by atoms with E-state index in [1.165, 1.54) is 11.3 Å². The van der Waals surface area contributed by atoms with Crippen molar-refractivity contribution < 1.29 is 9.21 Å². The van der Waals surface area contributed by atoms with Crippen molar-refractivity contribution in [2.24, 2.45) is 0 Å². The molecule has 0 aliphatic carbocycles. The summed E-state index contributed by atoms with van der Waals surface area (Å²) in [5.74, 6) is 1.10. The third-order valence-electron chi connectivity index (χ3n) is 4.91. The van der Waals surface area contributed by atoms with Crippen LogP contribution in [0.1, 0.15) is 27.2 Å². The second kappa shape index (κ2) is 7.52. The first-order valence-corrected chi connectivity index (χ1v) is 10.8. The van der Waals surface area contributed by atoms with Gasteiger partial charge in [0.15, 0.2) is 5.76 Å². The number of thiazole rings is 1. The van der Waals surface area contributed by atoms with Crippen molar-refractivity contribution in [1.82, 2.24) is 14.8 Å². The number of aryl methyl sites for hydroxylation is 3. The molecule has 0 aliphatic heterocycles. The van der Waals surface area contributed by atoms with Crippen LogP contribution in [0.25, 0.3) is 27.6 Å². The van der Waals surface area contributed by atoms with Crippen molar-refractivity contribution in [1.29, 1.82) is 0 Å². The van der Waals surface area contributed by atoms with Gasteiger partial charge in [0.25, 0.3) is 5.91 Å². The largest absolute Gasteiger partial charge is 0.454 e. The SMILES string of the molecule is Cc1cc(C)cc(C(=O)Nc2cc(C)nn2-c2nc(-c3cc4ccccc4o3)cs2)c1. The summed E-state index contributed by atoms with van der Waals surface area (Å²) >= 11 is 1.44. The monoisotopic (exact) mass is 428 g/mol. The van der Waals surface area contributed by atoms with Crippen LogP contribution in [-0.2, 0) is 0 Å². The van der Waals surface area contributed by atoms with Crippen LogP contribution in [0.5, 0.6) is 0 Å². The maximum atomic E-state index is 12.9. The lowest BCUT2D eigenvalue weighted by Gasteiger charge is -2.08. The summed E-state index contributed by atoms with van der Waals surface area (Å²) in [6, 6.07) is 17.5. The number of aromatic nitrogens is 3. The van der Waals surface area contributed by atoms with Gasteiger partial charge in [0.2, 0.25) is 5.13 Å². The fraction of sp³-hybridized carbons (Fsp3) is 0.125. The molecule has 1 amide bonds. The van der Waals surface area contributed by atoms with Gasteiger partial charge in [-0.3, -0.25) is 4.79 Å². The molecule has 5 aromatic rings. The highest BCUT2D eigenvalue weighted by molar-refractivity contribution is 7.12. The number of hydrogen-bond donors (Lipinski definition) is 1. The number of para-hydroxylation sites is 1. The van der Waals surface area contributed by atoms with Crippen molar-refractivity contribution in [2.75, 3.05) is 5.32 Å². The van der Waals surface area contributed by atoms with Gasteiger partial charge in [-0.2, -0.15) is 9.78 Å². The standard InChI is InChI=1S/C24H20N4O2S/c1-14-8-15(2)10-18(9-14)23(29)26-22-11-16(3)27-28(22)24-25-19(13-31-24)21-12-17-6-4-5-7-20(17)30-21/h4-13H,1-3H3,(H,26,29). The van der Waals surface area contributed by atoms with Crippen molar-refractivity contribution >= 4 is 34.0 Å². The first-order valence-electron chi connectivity index (χ1n) is 9.87. The van der Waals surface area contributed by atoms with E-state index in [0.717, 1.165) is 33.5 Å². The number of amides is 1. The molecule has 0 saturated heterocycles. The fourth-order valence-electron chi connectivity index (χ4n) is 3.61. The molecule has 1 N–H and O–H groups in total. The molecular formula is C24H20N4O2S. The van der Waals surface area contributed by atoms with Gasteiger partial charge >= 0.3 is 0 Å². The zero-order chi connectivity index (χ0) is 21.5. The number of hydrogen-bond acceptors (Lipinski definition) is 5. The minimum atomic E-state index is -0.179. The number of carbonyl (C=O) groups excluding carboxylic acids is 1. The molecule has 0 saturated carbocycles. The van der Waals surface area contributed by atoms with Gasteiger partial charge in [0.1, 0.15) is 17.1 Å². The van der Waals surface area contributed by atoms with Crippen LogP contribution in [0.3, 0.4) is 0 Å². The Morgan fingerprint density at radius 1 is 1.03 bits per heavy atom. The Hall–Kier alpha value is -3.71.